The molecular weight excluding hydrogens is 391 g/mol. The third-order valence-corrected chi connectivity index (χ3v) is 5.15. The molecule has 0 radical (unpaired) electrons. The van der Waals surface area contributed by atoms with Gasteiger partial charge in [0.2, 0.25) is 5.91 Å². The van der Waals surface area contributed by atoms with Crippen LogP contribution in [-0.4, -0.2) is 23.3 Å². The highest BCUT2D eigenvalue weighted by atomic mass is 35.5. The van der Waals surface area contributed by atoms with Crippen LogP contribution in [0.5, 0.6) is 0 Å². The van der Waals surface area contributed by atoms with Crippen molar-refractivity contribution in [3.05, 3.63) is 99.8 Å². The molecule has 3 aromatic carbocycles. The molecule has 1 heterocycles. The molecule has 0 saturated carbocycles. The van der Waals surface area contributed by atoms with Crippen molar-refractivity contribution >= 4 is 29.1 Å². The summed E-state index contributed by atoms with van der Waals surface area (Å²) in [6.07, 6.45) is 0. The SMILES string of the molecule is Cc1cccc(C(=O)N2CC(=O)Nc3ccc(Cl)cc3[C@@H]2c2ccc(F)cc2)c1. The van der Waals surface area contributed by atoms with Gasteiger partial charge in [0.1, 0.15) is 12.4 Å². The summed E-state index contributed by atoms with van der Waals surface area (Å²) < 4.78 is 13.6. The van der Waals surface area contributed by atoms with Crippen LogP contribution in [0.1, 0.15) is 33.1 Å². The lowest BCUT2D eigenvalue weighted by molar-refractivity contribution is -0.117. The van der Waals surface area contributed by atoms with Gasteiger partial charge in [-0.3, -0.25) is 9.59 Å². The minimum atomic E-state index is -0.601. The van der Waals surface area contributed by atoms with E-state index in [2.05, 4.69) is 5.32 Å². The first-order chi connectivity index (χ1) is 13.9. The predicted molar refractivity (Wildman–Crippen MR) is 111 cm³/mol. The Morgan fingerprint density at radius 2 is 1.86 bits per heavy atom. The van der Waals surface area contributed by atoms with E-state index in [-0.39, 0.29) is 24.2 Å². The predicted octanol–water partition coefficient (Wildman–Crippen LogP) is 4.97. The van der Waals surface area contributed by atoms with Gasteiger partial charge in [-0.25, -0.2) is 4.39 Å². The summed E-state index contributed by atoms with van der Waals surface area (Å²) in [6, 6.07) is 17.7. The number of nitrogens with zero attached hydrogens (tertiary/aromatic N) is 1. The van der Waals surface area contributed by atoms with Gasteiger partial charge in [0.05, 0.1) is 6.04 Å². The van der Waals surface area contributed by atoms with Crippen molar-refractivity contribution < 1.29 is 14.0 Å². The van der Waals surface area contributed by atoms with Crippen LogP contribution in [0, 0.1) is 12.7 Å². The maximum atomic E-state index is 13.6. The first kappa shape index (κ1) is 19.2. The first-order valence-corrected chi connectivity index (χ1v) is 9.52. The lowest BCUT2D eigenvalue weighted by atomic mass is 9.95. The van der Waals surface area contributed by atoms with Gasteiger partial charge >= 0.3 is 0 Å². The van der Waals surface area contributed by atoms with E-state index < -0.39 is 6.04 Å². The maximum Gasteiger partial charge on any atom is 0.255 e. The average Bonchev–Trinajstić information content (AvgIpc) is 2.84. The molecule has 4 nitrogen and oxygen atoms in total. The van der Waals surface area contributed by atoms with E-state index in [1.54, 1.807) is 48.5 Å². The van der Waals surface area contributed by atoms with Crippen LogP contribution >= 0.6 is 11.6 Å². The van der Waals surface area contributed by atoms with Gasteiger partial charge < -0.3 is 10.2 Å². The quantitative estimate of drug-likeness (QED) is 0.650. The highest BCUT2D eigenvalue weighted by molar-refractivity contribution is 6.30. The fraction of sp³-hybridized carbons (Fsp3) is 0.130. The van der Waals surface area contributed by atoms with E-state index in [1.165, 1.54) is 17.0 Å². The van der Waals surface area contributed by atoms with Crippen LogP contribution in [0.15, 0.2) is 66.7 Å². The third-order valence-electron chi connectivity index (χ3n) is 4.92. The first-order valence-electron chi connectivity index (χ1n) is 9.15. The number of anilines is 1. The minimum absolute atomic E-state index is 0.138. The van der Waals surface area contributed by atoms with Crippen LogP contribution in [0.4, 0.5) is 10.1 Å². The van der Waals surface area contributed by atoms with Gasteiger partial charge in [0, 0.05) is 21.8 Å². The van der Waals surface area contributed by atoms with Crippen molar-refractivity contribution in [1.82, 2.24) is 4.90 Å². The summed E-state index contributed by atoms with van der Waals surface area (Å²) in [6.45, 7) is 1.76. The van der Waals surface area contributed by atoms with Gasteiger partial charge in [-0.15, -0.1) is 0 Å². The number of rotatable bonds is 2. The van der Waals surface area contributed by atoms with Crippen LogP contribution < -0.4 is 5.32 Å². The summed E-state index contributed by atoms with van der Waals surface area (Å²) in [7, 11) is 0. The highest BCUT2D eigenvalue weighted by Gasteiger charge is 2.34. The van der Waals surface area contributed by atoms with Crippen LogP contribution in [-0.2, 0) is 4.79 Å². The third kappa shape index (κ3) is 3.87. The molecular formula is C23H18ClFN2O2. The van der Waals surface area contributed by atoms with Crippen molar-refractivity contribution in [2.24, 2.45) is 0 Å². The van der Waals surface area contributed by atoms with E-state index in [1.807, 2.05) is 13.0 Å². The number of carbonyl (C=O) groups is 2. The Labute approximate surface area is 172 Å². The molecule has 0 unspecified atom stereocenters. The molecule has 1 aliphatic rings. The Kier molecular flexibility index (Phi) is 5.07. The molecule has 0 aromatic heterocycles. The Morgan fingerprint density at radius 3 is 2.59 bits per heavy atom. The largest absolute Gasteiger partial charge is 0.324 e. The normalized spacial score (nSPS) is 16.0. The molecule has 6 heteroatoms. The Morgan fingerprint density at radius 1 is 1.10 bits per heavy atom. The average molecular weight is 409 g/mol. The fourth-order valence-corrected chi connectivity index (χ4v) is 3.80. The van der Waals surface area contributed by atoms with Crippen LogP contribution in [0.25, 0.3) is 0 Å². The maximum absolute atomic E-state index is 13.6. The summed E-state index contributed by atoms with van der Waals surface area (Å²) in [5.41, 5.74) is 3.36. The molecule has 0 saturated heterocycles. The monoisotopic (exact) mass is 408 g/mol. The molecule has 0 bridgehead atoms. The van der Waals surface area contributed by atoms with E-state index >= 15 is 0 Å². The van der Waals surface area contributed by atoms with Crippen molar-refractivity contribution in [1.29, 1.82) is 0 Å². The van der Waals surface area contributed by atoms with Crippen LogP contribution in [0.2, 0.25) is 5.02 Å². The van der Waals surface area contributed by atoms with E-state index in [0.717, 1.165) is 5.56 Å². The zero-order chi connectivity index (χ0) is 20.5. The highest BCUT2D eigenvalue weighted by Crippen LogP contribution is 2.38. The summed E-state index contributed by atoms with van der Waals surface area (Å²) >= 11 is 6.23. The Hall–Kier alpha value is -3.18. The number of amides is 2. The Balaban J connectivity index is 1.90. The van der Waals surface area contributed by atoms with Gasteiger partial charge in [-0.1, -0.05) is 41.4 Å². The number of benzene rings is 3. The van der Waals surface area contributed by atoms with Gasteiger partial charge in [0.25, 0.3) is 5.91 Å². The van der Waals surface area contributed by atoms with Gasteiger partial charge in [0.15, 0.2) is 0 Å². The molecule has 1 aliphatic heterocycles. The van der Waals surface area contributed by atoms with E-state index in [4.69, 9.17) is 11.6 Å². The molecule has 1 atom stereocenters. The van der Waals surface area contributed by atoms with E-state index in [9.17, 15) is 14.0 Å². The van der Waals surface area contributed by atoms with Crippen molar-refractivity contribution in [3.8, 4) is 0 Å². The summed E-state index contributed by atoms with van der Waals surface area (Å²) in [5, 5.41) is 3.32. The summed E-state index contributed by atoms with van der Waals surface area (Å²) in [5.74, 6) is -0.968. The topological polar surface area (TPSA) is 49.4 Å². The lowest BCUT2D eigenvalue weighted by Crippen LogP contribution is -2.39. The molecule has 0 aliphatic carbocycles. The molecule has 2 amide bonds. The van der Waals surface area contributed by atoms with Gasteiger partial charge in [-0.2, -0.15) is 0 Å². The standard InChI is InChI=1S/C23H18ClFN2O2/c1-14-3-2-4-16(11-14)23(29)27-13-21(28)26-20-10-7-17(24)12-19(20)22(27)15-5-8-18(25)9-6-15/h2-12,22H,13H2,1H3,(H,26,28)/t22-/m0/s1. The molecule has 3 aromatic rings. The fourth-order valence-electron chi connectivity index (χ4n) is 3.61. The second-order valence-corrected chi connectivity index (χ2v) is 7.47. The molecule has 146 valence electrons. The molecule has 4 rings (SSSR count). The molecule has 1 N–H and O–H groups in total. The number of nitrogens with one attached hydrogen (secondary N) is 1. The van der Waals surface area contributed by atoms with Crippen LogP contribution in [0.3, 0.4) is 0 Å². The molecule has 0 fully saturated rings. The van der Waals surface area contributed by atoms with Crippen molar-refractivity contribution in [3.63, 3.8) is 0 Å². The number of aryl methyl sites for hydroxylation is 1. The number of halogens is 2. The number of hydrogen-bond donors (Lipinski definition) is 1. The second kappa shape index (κ2) is 7.68. The smallest absolute Gasteiger partial charge is 0.255 e. The van der Waals surface area contributed by atoms with E-state index in [0.29, 0.717) is 27.4 Å². The number of hydrogen-bond acceptors (Lipinski definition) is 2. The van der Waals surface area contributed by atoms with Gasteiger partial charge in [-0.05, 0) is 55.0 Å². The molecule has 29 heavy (non-hydrogen) atoms. The number of carbonyl (C=O) groups excluding carboxylic acids is 2. The minimum Gasteiger partial charge on any atom is -0.324 e. The zero-order valence-corrected chi connectivity index (χ0v) is 16.4. The molecule has 0 spiro atoms. The lowest BCUT2D eigenvalue weighted by Gasteiger charge is -2.31. The van der Waals surface area contributed by atoms with Crippen molar-refractivity contribution in [2.75, 3.05) is 11.9 Å². The Bertz CT molecular complexity index is 1100. The summed E-state index contributed by atoms with van der Waals surface area (Å²) in [4.78, 5) is 27.5. The zero-order valence-electron chi connectivity index (χ0n) is 15.7. The number of fused-ring (bicyclic) bond motifs is 1. The second-order valence-electron chi connectivity index (χ2n) is 7.04. The van der Waals surface area contributed by atoms with Crippen molar-refractivity contribution in [2.45, 2.75) is 13.0 Å².